The Balaban J connectivity index is 2.41. The summed E-state index contributed by atoms with van der Waals surface area (Å²) in [6.07, 6.45) is 0. The summed E-state index contributed by atoms with van der Waals surface area (Å²) in [5, 5.41) is 7.59. The molecule has 6 heteroatoms. The zero-order chi connectivity index (χ0) is 11.9. The molecule has 16 heavy (non-hydrogen) atoms. The second-order valence-corrected chi connectivity index (χ2v) is 3.93. The van der Waals surface area contributed by atoms with E-state index in [-0.39, 0.29) is 23.4 Å². The van der Waals surface area contributed by atoms with Crippen LogP contribution in [0.5, 0.6) is 0 Å². The number of hydrogen-bond donors (Lipinski definition) is 1. The Morgan fingerprint density at radius 1 is 1.50 bits per heavy atom. The number of benzene rings is 1. The number of likely N-dealkylation sites (N-methyl/N-ethyl adjacent to an activating group) is 1. The van der Waals surface area contributed by atoms with Crippen molar-refractivity contribution < 1.29 is 9.18 Å². The van der Waals surface area contributed by atoms with Gasteiger partial charge in [-0.1, -0.05) is 11.6 Å². The van der Waals surface area contributed by atoms with E-state index in [1.807, 2.05) is 0 Å². The number of urea groups is 1. The Hall–Kier alpha value is -1.62. The van der Waals surface area contributed by atoms with Crippen LogP contribution in [0.15, 0.2) is 18.2 Å². The van der Waals surface area contributed by atoms with E-state index in [9.17, 15) is 9.18 Å². The summed E-state index contributed by atoms with van der Waals surface area (Å²) in [6.45, 7) is 0.244. The molecular formula is C10H9ClFN3O. The summed E-state index contributed by atoms with van der Waals surface area (Å²) in [6, 6.07) is 3.62. The van der Waals surface area contributed by atoms with Crippen LogP contribution in [-0.2, 0) is 0 Å². The van der Waals surface area contributed by atoms with Crippen molar-refractivity contribution in [3.05, 3.63) is 29.0 Å². The molecule has 1 aromatic carbocycles. The van der Waals surface area contributed by atoms with E-state index < -0.39 is 5.82 Å². The Labute approximate surface area is 96.7 Å². The molecule has 4 nitrogen and oxygen atoms in total. The van der Waals surface area contributed by atoms with Gasteiger partial charge in [-0.2, -0.15) is 0 Å². The summed E-state index contributed by atoms with van der Waals surface area (Å²) < 4.78 is 13.0. The first-order valence-corrected chi connectivity index (χ1v) is 4.96. The molecule has 1 fully saturated rings. The number of amidine groups is 1. The van der Waals surface area contributed by atoms with Crippen LogP contribution in [-0.4, -0.2) is 30.4 Å². The summed E-state index contributed by atoms with van der Waals surface area (Å²) in [4.78, 5) is 14.3. The van der Waals surface area contributed by atoms with E-state index in [1.54, 1.807) is 7.05 Å². The molecule has 1 aliphatic heterocycles. The van der Waals surface area contributed by atoms with Crippen molar-refractivity contribution in [2.45, 2.75) is 0 Å². The van der Waals surface area contributed by atoms with Crippen molar-refractivity contribution in [3.8, 4) is 0 Å². The lowest BCUT2D eigenvalue weighted by Gasteiger charge is -2.15. The molecule has 2 rings (SSSR count). The maximum absolute atomic E-state index is 13.0. The summed E-state index contributed by atoms with van der Waals surface area (Å²) in [7, 11) is 1.60. The molecule has 0 aliphatic carbocycles. The third-order valence-electron chi connectivity index (χ3n) is 2.34. The summed E-state index contributed by atoms with van der Waals surface area (Å²) >= 11 is 5.63. The van der Waals surface area contributed by atoms with Crippen molar-refractivity contribution >= 4 is 29.2 Å². The van der Waals surface area contributed by atoms with Gasteiger partial charge in [0.1, 0.15) is 11.7 Å². The number of nitrogens with zero attached hydrogens (tertiary/aromatic N) is 2. The molecule has 1 N–H and O–H groups in total. The predicted molar refractivity (Wildman–Crippen MR) is 59.6 cm³/mol. The van der Waals surface area contributed by atoms with Gasteiger partial charge in [-0.3, -0.25) is 5.41 Å². The molecule has 0 atom stereocenters. The zero-order valence-electron chi connectivity index (χ0n) is 8.50. The number of carbonyl (C=O) groups is 1. The van der Waals surface area contributed by atoms with Gasteiger partial charge in [-0.25, -0.2) is 14.1 Å². The molecule has 0 spiro atoms. The van der Waals surface area contributed by atoms with Crippen LogP contribution in [0.25, 0.3) is 0 Å². The monoisotopic (exact) mass is 241 g/mol. The topological polar surface area (TPSA) is 47.4 Å². The quantitative estimate of drug-likeness (QED) is 0.806. The highest BCUT2D eigenvalue weighted by atomic mass is 35.5. The molecule has 0 bridgehead atoms. The smallest absolute Gasteiger partial charge is 0.320 e. The zero-order valence-corrected chi connectivity index (χ0v) is 9.25. The third kappa shape index (κ3) is 1.63. The highest BCUT2D eigenvalue weighted by Gasteiger charge is 2.32. The Kier molecular flexibility index (Phi) is 2.55. The average Bonchev–Trinajstić information content (AvgIpc) is 2.47. The summed E-state index contributed by atoms with van der Waals surface area (Å²) in [5.74, 6) is -0.396. The fourth-order valence-corrected chi connectivity index (χ4v) is 1.71. The van der Waals surface area contributed by atoms with Crippen molar-refractivity contribution in [3.63, 3.8) is 0 Å². The van der Waals surface area contributed by atoms with Crippen LogP contribution in [0, 0.1) is 11.2 Å². The van der Waals surface area contributed by atoms with Gasteiger partial charge in [-0.05, 0) is 18.2 Å². The van der Waals surface area contributed by atoms with E-state index in [1.165, 1.54) is 28.0 Å². The van der Waals surface area contributed by atoms with Crippen LogP contribution >= 0.6 is 11.6 Å². The van der Waals surface area contributed by atoms with Gasteiger partial charge in [0.05, 0.1) is 17.3 Å². The second-order valence-electron chi connectivity index (χ2n) is 3.52. The minimum Gasteiger partial charge on any atom is -0.320 e. The van der Waals surface area contributed by atoms with Crippen LogP contribution in [0.4, 0.5) is 14.9 Å². The van der Waals surface area contributed by atoms with Gasteiger partial charge in [0.25, 0.3) is 0 Å². The molecule has 2 amide bonds. The van der Waals surface area contributed by atoms with Crippen LogP contribution in [0.2, 0.25) is 5.02 Å². The van der Waals surface area contributed by atoms with Gasteiger partial charge >= 0.3 is 6.03 Å². The van der Waals surface area contributed by atoms with Gasteiger partial charge < -0.3 is 4.90 Å². The van der Waals surface area contributed by atoms with Gasteiger partial charge in [-0.15, -0.1) is 0 Å². The van der Waals surface area contributed by atoms with E-state index in [0.717, 1.165) is 0 Å². The fraction of sp³-hybridized carbons (Fsp3) is 0.200. The minimum atomic E-state index is -0.544. The number of halogens is 2. The standard InChI is InChI=1S/C10H9ClFN3O/c1-14-5-9(13)15(10(14)16)6-2-3-8(12)7(11)4-6/h2-4,13H,5H2,1H3. The average molecular weight is 242 g/mol. The number of amides is 2. The molecule has 84 valence electrons. The maximum Gasteiger partial charge on any atom is 0.330 e. The molecule has 1 heterocycles. The molecule has 0 unspecified atom stereocenters. The Morgan fingerprint density at radius 2 is 2.19 bits per heavy atom. The molecule has 1 aliphatic rings. The van der Waals surface area contributed by atoms with Crippen LogP contribution in [0.1, 0.15) is 0 Å². The summed E-state index contributed by atoms with van der Waals surface area (Å²) in [5.41, 5.74) is 0.408. The number of carbonyl (C=O) groups excluding carboxylic acids is 1. The second kappa shape index (κ2) is 3.75. The first-order chi connectivity index (χ1) is 7.50. The van der Waals surface area contributed by atoms with E-state index in [4.69, 9.17) is 17.0 Å². The molecule has 1 saturated heterocycles. The molecule has 0 aromatic heterocycles. The number of rotatable bonds is 1. The SMILES string of the molecule is CN1CC(=N)N(c2ccc(F)c(Cl)c2)C1=O. The van der Waals surface area contributed by atoms with Crippen LogP contribution in [0.3, 0.4) is 0 Å². The molecule has 1 aromatic rings. The van der Waals surface area contributed by atoms with Crippen molar-refractivity contribution in [2.24, 2.45) is 0 Å². The maximum atomic E-state index is 13.0. The van der Waals surface area contributed by atoms with Gasteiger partial charge in [0, 0.05) is 7.05 Å². The lowest BCUT2D eigenvalue weighted by atomic mass is 10.3. The van der Waals surface area contributed by atoms with E-state index in [0.29, 0.717) is 5.69 Å². The van der Waals surface area contributed by atoms with Gasteiger partial charge in [0.15, 0.2) is 0 Å². The predicted octanol–water partition coefficient (Wildman–Crippen LogP) is 2.33. The lowest BCUT2D eigenvalue weighted by molar-refractivity contribution is 0.229. The molecular weight excluding hydrogens is 233 g/mol. The van der Waals surface area contributed by atoms with Crippen molar-refractivity contribution in [1.29, 1.82) is 5.41 Å². The highest BCUT2D eigenvalue weighted by molar-refractivity contribution is 6.31. The Bertz CT molecular complexity index is 477. The van der Waals surface area contributed by atoms with Crippen molar-refractivity contribution in [1.82, 2.24) is 4.90 Å². The normalized spacial score (nSPS) is 16.2. The largest absolute Gasteiger partial charge is 0.330 e. The fourth-order valence-electron chi connectivity index (χ4n) is 1.54. The van der Waals surface area contributed by atoms with E-state index in [2.05, 4.69) is 0 Å². The number of anilines is 1. The minimum absolute atomic E-state index is 0.0624. The first-order valence-electron chi connectivity index (χ1n) is 4.58. The van der Waals surface area contributed by atoms with Gasteiger partial charge in [0.2, 0.25) is 0 Å². The van der Waals surface area contributed by atoms with Crippen LogP contribution < -0.4 is 4.90 Å². The number of hydrogen-bond acceptors (Lipinski definition) is 2. The van der Waals surface area contributed by atoms with Crippen molar-refractivity contribution in [2.75, 3.05) is 18.5 Å². The molecule has 0 radical (unpaired) electrons. The molecule has 0 saturated carbocycles. The lowest BCUT2D eigenvalue weighted by Crippen LogP contribution is -2.31. The third-order valence-corrected chi connectivity index (χ3v) is 2.63. The Morgan fingerprint density at radius 3 is 2.69 bits per heavy atom. The first kappa shape index (κ1) is 10.9. The van der Waals surface area contributed by atoms with E-state index >= 15 is 0 Å². The number of nitrogens with one attached hydrogen (secondary N) is 1. The highest BCUT2D eigenvalue weighted by Crippen LogP contribution is 2.25.